The van der Waals surface area contributed by atoms with Crippen LogP contribution >= 0.6 is 0 Å². The lowest BCUT2D eigenvalue weighted by Crippen LogP contribution is -2.51. The van der Waals surface area contributed by atoms with Gasteiger partial charge in [0.05, 0.1) is 14.2 Å². The van der Waals surface area contributed by atoms with E-state index in [0.717, 1.165) is 7.11 Å². The number of amides is 3. The fourth-order valence-electron chi connectivity index (χ4n) is 0.950. The molecule has 0 spiro atoms. The molecule has 0 aromatic carbocycles. The number of ether oxygens (including phenoxy) is 2. The van der Waals surface area contributed by atoms with E-state index in [2.05, 4.69) is 14.8 Å². The zero-order chi connectivity index (χ0) is 12.7. The van der Waals surface area contributed by atoms with Gasteiger partial charge in [0.1, 0.15) is 6.04 Å². The second-order valence-corrected chi connectivity index (χ2v) is 3.34. The van der Waals surface area contributed by atoms with E-state index in [1.807, 2.05) is 5.32 Å². The summed E-state index contributed by atoms with van der Waals surface area (Å²) in [5.74, 6) is -0.837. The molecule has 0 saturated carbocycles. The van der Waals surface area contributed by atoms with Gasteiger partial charge in [0.15, 0.2) is 0 Å². The van der Waals surface area contributed by atoms with Crippen molar-refractivity contribution in [1.29, 1.82) is 0 Å². The molecular formula is C9H16N2O5. The van der Waals surface area contributed by atoms with E-state index in [0.29, 0.717) is 0 Å². The van der Waals surface area contributed by atoms with Crippen LogP contribution in [0.1, 0.15) is 13.8 Å². The van der Waals surface area contributed by atoms with Gasteiger partial charge >= 0.3 is 12.2 Å². The molecule has 2 N–H and O–H groups in total. The Bertz CT molecular complexity index is 277. The van der Waals surface area contributed by atoms with Crippen molar-refractivity contribution in [1.82, 2.24) is 10.6 Å². The normalized spacial score (nSPS) is 11.6. The van der Waals surface area contributed by atoms with Crippen LogP contribution in [0.5, 0.6) is 0 Å². The van der Waals surface area contributed by atoms with Crippen molar-refractivity contribution < 1.29 is 23.9 Å². The third kappa shape index (κ3) is 4.63. The van der Waals surface area contributed by atoms with Crippen molar-refractivity contribution in [3.8, 4) is 0 Å². The zero-order valence-electron chi connectivity index (χ0n) is 9.70. The first-order chi connectivity index (χ1) is 7.42. The topological polar surface area (TPSA) is 93.7 Å². The number of imide groups is 1. The number of carbonyl (C=O) groups is 3. The summed E-state index contributed by atoms with van der Waals surface area (Å²) in [4.78, 5) is 33.3. The Kier molecular flexibility index (Phi) is 5.91. The predicted molar refractivity (Wildman–Crippen MR) is 54.7 cm³/mol. The van der Waals surface area contributed by atoms with Gasteiger partial charge in [-0.05, 0) is 5.92 Å². The van der Waals surface area contributed by atoms with E-state index >= 15 is 0 Å². The van der Waals surface area contributed by atoms with Crippen molar-refractivity contribution in [2.24, 2.45) is 5.92 Å². The van der Waals surface area contributed by atoms with E-state index in [1.54, 1.807) is 13.8 Å². The minimum Gasteiger partial charge on any atom is -0.453 e. The van der Waals surface area contributed by atoms with Crippen LogP contribution in [-0.4, -0.2) is 38.4 Å². The lowest BCUT2D eigenvalue weighted by atomic mass is 10.0. The standard InChI is InChI=1S/C9H16N2O5/c1-5(2)6(10-8(13)15-3)7(12)11-9(14)16-4/h5-6H,1-4H3,(H,10,13)(H,11,12,14). The summed E-state index contributed by atoms with van der Waals surface area (Å²) < 4.78 is 8.63. The Balaban J connectivity index is 4.47. The average Bonchev–Trinajstić information content (AvgIpc) is 2.24. The maximum atomic E-state index is 11.5. The lowest BCUT2D eigenvalue weighted by Gasteiger charge is -2.19. The summed E-state index contributed by atoms with van der Waals surface area (Å²) in [6, 6.07) is -0.855. The van der Waals surface area contributed by atoms with Gasteiger partial charge in [-0.2, -0.15) is 0 Å². The Hall–Kier alpha value is -1.79. The molecule has 0 aliphatic rings. The van der Waals surface area contributed by atoms with Gasteiger partial charge in [0.25, 0.3) is 5.91 Å². The lowest BCUT2D eigenvalue weighted by molar-refractivity contribution is -0.123. The van der Waals surface area contributed by atoms with E-state index in [1.165, 1.54) is 7.11 Å². The summed E-state index contributed by atoms with van der Waals surface area (Å²) in [7, 11) is 2.33. The van der Waals surface area contributed by atoms with Crippen molar-refractivity contribution in [2.75, 3.05) is 14.2 Å². The predicted octanol–water partition coefficient (Wildman–Crippen LogP) is 0.250. The smallest absolute Gasteiger partial charge is 0.413 e. The Morgan fingerprint density at radius 2 is 1.50 bits per heavy atom. The van der Waals surface area contributed by atoms with Gasteiger partial charge in [-0.15, -0.1) is 0 Å². The summed E-state index contributed by atoms with van der Waals surface area (Å²) in [6.07, 6.45) is -1.61. The molecule has 0 aliphatic heterocycles. The molecule has 0 saturated heterocycles. The first-order valence-electron chi connectivity index (χ1n) is 4.65. The van der Waals surface area contributed by atoms with Gasteiger partial charge in [-0.1, -0.05) is 13.8 Å². The Morgan fingerprint density at radius 3 is 1.88 bits per heavy atom. The van der Waals surface area contributed by atoms with Crippen molar-refractivity contribution in [3.63, 3.8) is 0 Å². The van der Waals surface area contributed by atoms with E-state index < -0.39 is 24.1 Å². The fraction of sp³-hybridized carbons (Fsp3) is 0.667. The number of methoxy groups -OCH3 is 2. The SMILES string of the molecule is COC(=O)NC(=O)C(NC(=O)OC)C(C)C. The van der Waals surface area contributed by atoms with Crippen LogP contribution in [0.4, 0.5) is 9.59 Å². The van der Waals surface area contributed by atoms with Crippen molar-refractivity contribution in [3.05, 3.63) is 0 Å². The van der Waals surface area contributed by atoms with Crippen molar-refractivity contribution in [2.45, 2.75) is 19.9 Å². The van der Waals surface area contributed by atoms with Crippen LogP contribution in [0.2, 0.25) is 0 Å². The minimum atomic E-state index is -0.873. The largest absolute Gasteiger partial charge is 0.453 e. The van der Waals surface area contributed by atoms with Gasteiger partial charge in [-0.3, -0.25) is 10.1 Å². The molecule has 0 bridgehead atoms. The third-order valence-corrected chi connectivity index (χ3v) is 1.82. The first-order valence-corrected chi connectivity index (χ1v) is 4.65. The van der Waals surface area contributed by atoms with E-state index in [4.69, 9.17) is 0 Å². The molecule has 0 rings (SSSR count). The van der Waals surface area contributed by atoms with E-state index in [-0.39, 0.29) is 5.92 Å². The highest BCUT2D eigenvalue weighted by Gasteiger charge is 2.26. The molecule has 0 fully saturated rings. The quantitative estimate of drug-likeness (QED) is 0.727. The molecule has 16 heavy (non-hydrogen) atoms. The summed E-state index contributed by atoms with van der Waals surface area (Å²) in [5, 5.41) is 4.28. The van der Waals surface area contributed by atoms with Crippen LogP contribution in [0.3, 0.4) is 0 Å². The molecule has 7 nitrogen and oxygen atoms in total. The molecule has 92 valence electrons. The summed E-state index contributed by atoms with van der Waals surface area (Å²) >= 11 is 0. The molecular weight excluding hydrogens is 216 g/mol. The number of hydrogen-bond acceptors (Lipinski definition) is 5. The van der Waals surface area contributed by atoms with Gasteiger partial charge in [-0.25, -0.2) is 9.59 Å². The van der Waals surface area contributed by atoms with Crippen LogP contribution in [0, 0.1) is 5.92 Å². The number of hydrogen-bond donors (Lipinski definition) is 2. The maximum Gasteiger partial charge on any atom is 0.413 e. The van der Waals surface area contributed by atoms with Crippen LogP contribution in [-0.2, 0) is 14.3 Å². The second-order valence-electron chi connectivity index (χ2n) is 3.34. The second kappa shape index (κ2) is 6.65. The van der Waals surface area contributed by atoms with Gasteiger partial charge < -0.3 is 14.8 Å². The number of nitrogens with one attached hydrogen (secondary N) is 2. The number of rotatable bonds is 3. The fourth-order valence-corrected chi connectivity index (χ4v) is 0.950. The highest BCUT2D eigenvalue weighted by molar-refractivity contribution is 5.96. The zero-order valence-corrected chi connectivity index (χ0v) is 9.70. The molecule has 0 radical (unpaired) electrons. The highest BCUT2D eigenvalue weighted by atomic mass is 16.5. The molecule has 1 atom stereocenters. The summed E-state index contributed by atoms with van der Waals surface area (Å²) in [5.41, 5.74) is 0. The average molecular weight is 232 g/mol. The Labute approximate surface area is 93.5 Å². The van der Waals surface area contributed by atoms with Crippen LogP contribution in [0.15, 0.2) is 0 Å². The molecule has 0 aliphatic carbocycles. The minimum absolute atomic E-state index is 0.191. The first kappa shape index (κ1) is 14.2. The number of carbonyl (C=O) groups excluding carboxylic acids is 3. The molecule has 1 unspecified atom stereocenters. The highest BCUT2D eigenvalue weighted by Crippen LogP contribution is 2.02. The summed E-state index contributed by atoms with van der Waals surface area (Å²) in [6.45, 7) is 3.44. The molecule has 3 amide bonds. The number of alkyl carbamates (subject to hydrolysis) is 2. The molecule has 0 aromatic rings. The third-order valence-electron chi connectivity index (χ3n) is 1.82. The Morgan fingerprint density at radius 1 is 1.00 bits per heavy atom. The van der Waals surface area contributed by atoms with E-state index in [9.17, 15) is 14.4 Å². The monoisotopic (exact) mass is 232 g/mol. The van der Waals surface area contributed by atoms with Gasteiger partial charge in [0, 0.05) is 0 Å². The molecule has 0 aromatic heterocycles. The van der Waals surface area contributed by atoms with Crippen LogP contribution in [0.25, 0.3) is 0 Å². The van der Waals surface area contributed by atoms with Crippen LogP contribution < -0.4 is 10.6 Å². The maximum absolute atomic E-state index is 11.5. The molecule has 0 heterocycles. The molecule has 7 heteroatoms. The van der Waals surface area contributed by atoms with Crippen molar-refractivity contribution >= 4 is 18.1 Å². The van der Waals surface area contributed by atoms with Gasteiger partial charge in [0.2, 0.25) is 0 Å².